The van der Waals surface area contributed by atoms with Crippen LogP contribution in [0.15, 0.2) is 22.7 Å². The number of nitrogens with two attached hydrogens (primary N) is 1. The fourth-order valence-corrected chi connectivity index (χ4v) is 1.80. The van der Waals surface area contributed by atoms with Crippen molar-refractivity contribution in [2.75, 3.05) is 13.2 Å². The lowest BCUT2D eigenvalue weighted by atomic mass is 10.2. The lowest BCUT2D eigenvalue weighted by Crippen LogP contribution is -2.00. The first kappa shape index (κ1) is 14.9. The van der Waals surface area contributed by atoms with Crippen LogP contribution >= 0.6 is 0 Å². The normalized spacial score (nSPS) is 10.6. The van der Waals surface area contributed by atoms with Crippen LogP contribution in [0.25, 0.3) is 11.4 Å². The summed E-state index contributed by atoms with van der Waals surface area (Å²) < 4.78 is 10.3. The van der Waals surface area contributed by atoms with Crippen LogP contribution in [0.3, 0.4) is 0 Å². The Hall–Kier alpha value is -2.48. The van der Waals surface area contributed by atoms with E-state index in [1.54, 1.807) is 13.0 Å². The predicted octanol–water partition coefficient (Wildman–Crippen LogP) is 1.93. The number of ether oxygens (including phenoxy) is 1. The standard InChI is InChI=1S/C13H16N4O4/c1-2-20-11-6-5-9(8-10(11)17(18)19)13-15-12(21-16-13)4-3-7-14/h5-6,8H,2-4,7,14H2,1H3. The van der Waals surface area contributed by atoms with Crippen LogP contribution in [-0.2, 0) is 6.42 Å². The molecule has 112 valence electrons. The molecular formula is C13H16N4O4. The molecule has 8 nitrogen and oxygen atoms in total. The third kappa shape index (κ3) is 3.54. The minimum absolute atomic E-state index is 0.123. The molecule has 1 aromatic carbocycles. The molecule has 0 fully saturated rings. The maximum atomic E-state index is 11.1. The third-order valence-corrected chi connectivity index (χ3v) is 2.78. The Morgan fingerprint density at radius 1 is 1.48 bits per heavy atom. The molecule has 0 saturated heterocycles. The van der Waals surface area contributed by atoms with E-state index < -0.39 is 4.92 Å². The summed E-state index contributed by atoms with van der Waals surface area (Å²) in [4.78, 5) is 14.8. The molecule has 0 aliphatic carbocycles. The number of nitro benzene ring substituents is 1. The minimum Gasteiger partial charge on any atom is -0.487 e. The highest BCUT2D eigenvalue weighted by atomic mass is 16.6. The molecule has 0 aliphatic rings. The number of aromatic nitrogens is 2. The first-order chi connectivity index (χ1) is 10.2. The second kappa shape index (κ2) is 6.80. The van der Waals surface area contributed by atoms with E-state index in [9.17, 15) is 10.1 Å². The Morgan fingerprint density at radius 2 is 2.29 bits per heavy atom. The van der Waals surface area contributed by atoms with Gasteiger partial charge in [-0.3, -0.25) is 10.1 Å². The molecule has 0 spiro atoms. The zero-order chi connectivity index (χ0) is 15.2. The lowest BCUT2D eigenvalue weighted by Gasteiger charge is -2.04. The second-order valence-electron chi connectivity index (χ2n) is 4.28. The third-order valence-electron chi connectivity index (χ3n) is 2.78. The molecule has 0 bridgehead atoms. The van der Waals surface area contributed by atoms with Crippen molar-refractivity contribution in [2.24, 2.45) is 5.73 Å². The Kier molecular flexibility index (Phi) is 4.83. The van der Waals surface area contributed by atoms with Crippen LogP contribution in [0.1, 0.15) is 19.2 Å². The quantitative estimate of drug-likeness (QED) is 0.612. The summed E-state index contributed by atoms with van der Waals surface area (Å²) >= 11 is 0. The van der Waals surface area contributed by atoms with Crippen molar-refractivity contribution in [3.8, 4) is 17.1 Å². The SMILES string of the molecule is CCOc1ccc(-c2noc(CCCN)n2)cc1[N+](=O)[O-]. The molecule has 0 amide bonds. The Bertz CT molecular complexity index is 626. The molecule has 0 atom stereocenters. The number of aryl methyl sites for hydroxylation is 1. The summed E-state index contributed by atoms with van der Waals surface area (Å²) in [6, 6.07) is 4.57. The molecule has 0 saturated carbocycles. The van der Waals surface area contributed by atoms with E-state index in [-0.39, 0.29) is 11.4 Å². The van der Waals surface area contributed by atoms with Crippen LogP contribution in [0.2, 0.25) is 0 Å². The van der Waals surface area contributed by atoms with Crippen LogP contribution in [0, 0.1) is 10.1 Å². The molecule has 8 heteroatoms. The molecule has 2 aromatic rings. The van der Waals surface area contributed by atoms with Crippen molar-refractivity contribution in [3.63, 3.8) is 0 Å². The molecule has 0 aliphatic heterocycles. The van der Waals surface area contributed by atoms with Crippen molar-refractivity contribution < 1.29 is 14.2 Å². The highest BCUT2D eigenvalue weighted by Gasteiger charge is 2.18. The van der Waals surface area contributed by atoms with Crippen molar-refractivity contribution in [1.82, 2.24) is 10.1 Å². The van der Waals surface area contributed by atoms with Gasteiger partial charge in [0.1, 0.15) is 0 Å². The first-order valence-corrected chi connectivity index (χ1v) is 6.60. The largest absolute Gasteiger partial charge is 0.487 e. The number of benzene rings is 1. The molecule has 2 rings (SSSR count). The molecule has 2 N–H and O–H groups in total. The van der Waals surface area contributed by atoms with Crippen molar-refractivity contribution in [3.05, 3.63) is 34.2 Å². The van der Waals surface area contributed by atoms with Crippen molar-refractivity contribution in [1.29, 1.82) is 0 Å². The maximum Gasteiger partial charge on any atom is 0.311 e. The van der Waals surface area contributed by atoms with E-state index in [4.69, 9.17) is 15.0 Å². The zero-order valence-electron chi connectivity index (χ0n) is 11.6. The minimum atomic E-state index is -0.496. The molecule has 1 aromatic heterocycles. The maximum absolute atomic E-state index is 11.1. The van der Waals surface area contributed by atoms with Gasteiger partial charge in [-0.1, -0.05) is 5.16 Å². The van der Waals surface area contributed by atoms with Crippen LogP contribution in [0.4, 0.5) is 5.69 Å². The summed E-state index contributed by atoms with van der Waals surface area (Å²) in [6.45, 7) is 2.65. The Balaban J connectivity index is 2.29. The fourth-order valence-electron chi connectivity index (χ4n) is 1.80. The average molecular weight is 292 g/mol. The number of nitrogens with zero attached hydrogens (tertiary/aromatic N) is 3. The Morgan fingerprint density at radius 3 is 2.95 bits per heavy atom. The van der Waals surface area contributed by atoms with Gasteiger partial charge in [-0.25, -0.2) is 0 Å². The van der Waals surface area contributed by atoms with E-state index in [0.717, 1.165) is 6.42 Å². The van der Waals surface area contributed by atoms with Gasteiger partial charge >= 0.3 is 5.69 Å². The summed E-state index contributed by atoms with van der Waals surface area (Å²) in [5.74, 6) is 0.998. The van der Waals surface area contributed by atoms with Gasteiger partial charge in [-0.05, 0) is 32.0 Å². The molecule has 0 unspecified atom stereocenters. The summed E-state index contributed by atoms with van der Waals surface area (Å²) in [5.41, 5.74) is 5.80. The number of hydrogen-bond acceptors (Lipinski definition) is 7. The fraction of sp³-hybridized carbons (Fsp3) is 0.385. The predicted molar refractivity (Wildman–Crippen MR) is 74.9 cm³/mol. The van der Waals surface area contributed by atoms with E-state index in [0.29, 0.717) is 36.9 Å². The second-order valence-corrected chi connectivity index (χ2v) is 4.28. The highest BCUT2D eigenvalue weighted by Crippen LogP contribution is 2.31. The van der Waals surface area contributed by atoms with Crippen LogP contribution in [-0.4, -0.2) is 28.2 Å². The summed E-state index contributed by atoms with van der Waals surface area (Å²) in [6.07, 6.45) is 1.33. The summed E-state index contributed by atoms with van der Waals surface area (Å²) in [7, 11) is 0. The van der Waals surface area contributed by atoms with E-state index in [2.05, 4.69) is 10.1 Å². The van der Waals surface area contributed by atoms with Gasteiger partial charge in [0.05, 0.1) is 11.5 Å². The van der Waals surface area contributed by atoms with Gasteiger partial charge in [0.15, 0.2) is 5.75 Å². The van der Waals surface area contributed by atoms with Crippen LogP contribution < -0.4 is 10.5 Å². The Labute approximate surface area is 121 Å². The van der Waals surface area contributed by atoms with E-state index in [1.165, 1.54) is 12.1 Å². The van der Waals surface area contributed by atoms with E-state index in [1.807, 2.05) is 0 Å². The number of hydrogen-bond donors (Lipinski definition) is 1. The van der Waals surface area contributed by atoms with Gasteiger partial charge in [0.25, 0.3) is 0 Å². The van der Waals surface area contributed by atoms with Gasteiger partial charge in [-0.15, -0.1) is 0 Å². The van der Waals surface area contributed by atoms with Crippen LogP contribution in [0.5, 0.6) is 5.75 Å². The molecule has 21 heavy (non-hydrogen) atoms. The van der Waals surface area contributed by atoms with Crippen molar-refractivity contribution in [2.45, 2.75) is 19.8 Å². The van der Waals surface area contributed by atoms with Gasteiger partial charge in [-0.2, -0.15) is 4.98 Å². The number of nitro groups is 1. The monoisotopic (exact) mass is 292 g/mol. The highest BCUT2D eigenvalue weighted by molar-refractivity contribution is 5.63. The molecular weight excluding hydrogens is 276 g/mol. The topological polar surface area (TPSA) is 117 Å². The van der Waals surface area contributed by atoms with Gasteiger partial charge in [0.2, 0.25) is 11.7 Å². The summed E-state index contributed by atoms with van der Waals surface area (Å²) in [5, 5.41) is 14.9. The zero-order valence-corrected chi connectivity index (χ0v) is 11.6. The van der Waals surface area contributed by atoms with Gasteiger partial charge in [0, 0.05) is 18.1 Å². The molecule has 1 heterocycles. The van der Waals surface area contributed by atoms with E-state index >= 15 is 0 Å². The van der Waals surface area contributed by atoms with Gasteiger partial charge < -0.3 is 15.0 Å². The molecule has 0 radical (unpaired) electrons. The van der Waals surface area contributed by atoms with Crippen molar-refractivity contribution >= 4 is 5.69 Å². The average Bonchev–Trinajstić information content (AvgIpc) is 2.94. The number of rotatable bonds is 7. The smallest absolute Gasteiger partial charge is 0.311 e. The lowest BCUT2D eigenvalue weighted by molar-refractivity contribution is -0.385. The first-order valence-electron chi connectivity index (χ1n) is 6.60.